The zero-order chi connectivity index (χ0) is 17.6. The SMILES string of the molecule is COC(=O)C=Cc1cnccc1N=Nc1cccc(C(F)(F)F)c1. The smallest absolute Gasteiger partial charge is 0.416 e. The number of hydrogen-bond donors (Lipinski definition) is 0. The van der Waals surface area contributed by atoms with Crippen LogP contribution in [-0.4, -0.2) is 18.1 Å². The summed E-state index contributed by atoms with van der Waals surface area (Å²) < 4.78 is 42.5. The molecule has 0 atom stereocenters. The lowest BCUT2D eigenvalue weighted by Gasteiger charge is -2.06. The van der Waals surface area contributed by atoms with Gasteiger partial charge in [-0.05, 0) is 30.3 Å². The molecule has 0 radical (unpaired) electrons. The zero-order valence-corrected chi connectivity index (χ0v) is 12.5. The first kappa shape index (κ1) is 17.3. The standard InChI is InChI=1S/C16H12F3N3O2/c1-24-15(23)6-5-11-10-20-8-7-14(11)22-21-13-4-2-3-12(9-13)16(17,18)19/h2-10H,1H3. The van der Waals surface area contributed by atoms with E-state index in [1.807, 2.05) is 0 Å². The summed E-state index contributed by atoms with van der Waals surface area (Å²) in [5.74, 6) is -0.556. The van der Waals surface area contributed by atoms with Crippen molar-refractivity contribution in [2.45, 2.75) is 6.18 Å². The quantitative estimate of drug-likeness (QED) is 0.462. The summed E-state index contributed by atoms with van der Waals surface area (Å²) in [7, 11) is 1.24. The van der Waals surface area contributed by atoms with Crippen LogP contribution in [-0.2, 0) is 15.7 Å². The van der Waals surface area contributed by atoms with E-state index in [1.165, 1.54) is 49.9 Å². The molecule has 8 heteroatoms. The number of methoxy groups -OCH3 is 1. The zero-order valence-electron chi connectivity index (χ0n) is 12.5. The number of halogens is 3. The third kappa shape index (κ3) is 4.73. The second-order valence-corrected chi connectivity index (χ2v) is 4.54. The van der Waals surface area contributed by atoms with Crippen molar-refractivity contribution in [3.8, 4) is 0 Å². The summed E-state index contributed by atoms with van der Waals surface area (Å²) in [5, 5.41) is 7.72. The Kier molecular flexibility index (Phi) is 5.41. The van der Waals surface area contributed by atoms with Gasteiger partial charge < -0.3 is 4.74 Å². The molecule has 0 N–H and O–H groups in total. The summed E-state index contributed by atoms with van der Waals surface area (Å²) >= 11 is 0. The van der Waals surface area contributed by atoms with Crippen LogP contribution in [0.1, 0.15) is 11.1 Å². The van der Waals surface area contributed by atoms with Crippen molar-refractivity contribution in [1.29, 1.82) is 0 Å². The van der Waals surface area contributed by atoms with Crippen LogP contribution in [0, 0.1) is 0 Å². The summed E-state index contributed by atoms with van der Waals surface area (Å²) in [6.07, 6.45) is 1.06. The highest BCUT2D eigenvalue weighted by molar-refractivity contribution is 5.87. The van der Waals surface area contributed by atoms with E-state index in [1.54, 1.807) is 0 Å². The van der Waals surface area contributed by atoms with Gasteiger partial charge in [0, 0.05) is 24.0 Å². The van der Waals surface area contributed by atoms with Gasteiger partial charge >= 0.3 is 12.1 Å². The summed E-state index contributed by atoms with van der Waals surface area (Å²) in [5.41, 5.74) is 0.0743. The van der Waals surface area contributed by atoms with Crippen molar-refractivity contribution in [3.63, 3.8) is 0 Å². The fourth-order valence-electron chi connectivity index (χ4n) is 1.70. The van der Waals surface area contributed by atoms with E-state index in [-0.39, 0.29) is 5.69 Å². The molecular weight excluding hydrogens is 323 g/mol. The highest BCUT2D eigenvalue weighted by Crippen LogP contribution is 2.32. The van der Waals surface area contributed by atoms with Gasteiger partial charge in [0.1, 0.15) is 0 Å². The molecule has 1 aromatic carbocycles. The second-order valence-electron chi connectivity index (χ2n) is 4.54. The Labute approximate surface area is 135 Å². The monoisotopic (exact) mass is 335 g/mol. The number of carbonyl (C=O) groups excluding carboxylic acids is 1. The van der Waals surface area contributed by atoms with Gasteiger partial charge in [0.25, 0.3) is 0 Å². The molecule has 0 saturated carbocycles. The molecule has 124 valence electrons. The Morgan fingerprint density at radius 3 is 2.75 bits per heavy atom. The molecule has 0 aliphatic heterocycles. The first-order valence-electron chi connectivity index (χ1n) is 6.69. The maximum absolute atomic E-state index is 12.7. The van der Waals surface area contributed by atoms with E-state index in [0.717, 1.165) is 12.1 Å². The number of rotatable bonds is 4. The molecule has 0 aliphatic carbocycles. The molecule has 0 fully saturated rings. The number of carbonyl (C=O) groups is 1. The predicted octanol–water partition coefficient (Wildman–Crippen LogP) is 4.70. The molecule has 0 spiro atoms. The van der Waals surface area contributed by atoms with Crippen molar-refractivity contribution >= 4 is 23.4 Å². The van der Waals surface area contributed by atoms with E-state index in [0.29, 0.717) is 11.3 Å². The predicted molar refractivity (Wildman–Crippen MR) is 80.9 cm³/mol. The molecule has 2 aromatic rings. The Morgan fingerprint density at radius 2 is 2.04 bits per heavy atom. The molecule has 1 aromatic heterocycles. The van der Waals surface area contributed by atoms with Gasteiger partial charge in [0.15, 0.2) is 0 Å². The highest BCUT2D eigenvalue weighted by Gasteiger charge is 2.30. The molecule has 24 heavy (non-hydrogen) atoms. The fraction of sp³-hybridized carbons (Fsp3) is 0.125. The topological polar surface area (TPSA) is 63.9 Å². The number of esters is 1. The van der Waals surface area contributed by atoms with Crippen LogP contribution in [0.3, 0.4) is 0 Å². The van der Waals surface area contributed by atoms with Crippen molar-refractivity contribution in [2.75, 3.05) is 7.11 Å². The number of ether oxygens (including phenoxy) is 1. The summed E-state index contributed by atoms with van der Waals surface area (Å²) in [4.78, 5) is 15.0. The number of pyridine rings is 1. The number of nitrogens with zero attached hydrogens (tertiary/aromatic N) is 3. The van der Waals surface area contributed by atoms with Gasteiger partial charge in [0.2, 0.25) is 0 Å². The average molecular weight is 335 g/mol. The summed E-state index contributed by atoms with van der Waals surface area (Å²) in [6, 6.07) is 6.03. The lowest BCUT2D eigenvalue weighted by atomic mass is 10.2. The Hall–Kier alpha value is -3.03. The summed E-state index contributed by atoms with van der Waals surface area (Å²) in [6.45, 7) is 0. The Morgan fingerprint density at radius 1 is 1.25 bits per heavy atom. The van der Waals surface area contributed by atoms with Gasteiger partial charge in [-0.3, -0.25) is 4.98 Å². The van der Waals surface area contributed by atoms with Crippen molar-refractivity contribution in [2.24, 2.45) is 10.2 Å². The lowest BCUT2D eigenvalue weighted by molar-refractivity contribution is -0.137. The van der Waals surface area contributed by atoms with Gasteiger partial charge in [-0.2, -0.15) is 18.3 Å². The van der Waals surface area contributed by atoms with Gasteiger partial charge in [-0.1, -0.05) is 6.07 Å². The highest BCUT2D eigenvalue weighted by atomic mass is 19.4. The van der Waals surface area contributed by atoms with E-state index in [4.69, 9.17) is 0 Å². The third-order valence-electron chi connectivity index (χ3n) is 2.87. The Balaban J connectivity index is 2.27. The molecule has 0 saturated heterocycles. The number of aromatic nitrogens is 1. The number of alkyl halides is 3. The minimum atomic E-state index is -4.45. The van der Waals surface area contributed by atoms with Crippen molar-refractivity contribution < 1.29 is 22.7 Å². The molecule has 0 unspecified atom stereocenters. The maximum atomic E-state index is 12.7. The number of azo groups is 1. The molecule has 0 bridgehead atoms. The molecular formula is C16H12F3N3O2. The normalized spacial score (nSPS) is 12.0. The van der Waals surface area contributed by atoms with E-state index >= 15 is 0 Å². The van der Waals surface area contributed by atoms with Crippen molar-refractivity contribution in [1.82, 2.24) is 4.98 Å². The minimum Gasteiger partial charge on any atom is -0.466 e. The number of hydrogen-bond acceptors (Lipinski definition) is 5. The van der Waals surface area contributed by atoms with Crippen LogP contribution in [0.15, 0.2) is 59.0 Å². The second kappa shape index (κ2) is 7.49. The largest absolute Gasteiger partial charge is 0.466 e. The van der Waals surface area contributed by atoms with Gasteiger partial charge in [-0.25, -0.2) is 4.79 Å². The molecule has 2 rings (SSSR count). The van der Waals surface area contributed by atoms with E-state index in [2.05, 4.69) is 19.9 Å². The van der Waals surface area contributed by atoms with E-state index in [9.17, 15) is 18.0 Å². The molecule has 1 heterocycles. The minimum absolute atomic E-state index is 0.0598. The number of benzene rings is 1. The lowest BCUT2D eigenvalue weighted by Crippen LogP contribution is -2.03. The van der Waals surface area contributed by atoms with Crippen LogP contribution in [0.2, 0.25) is 0 Å². The van der Waals surface area contributed by atoms with Crippen LogP contribution in [0.25, 0.3) is 6.08 Å². The van der Waals surface area contributed by atoms with Gasteiger partial charge in [0.05, 0.1) is 24.0 Å². The van der Waals surface area contributed by atoms with Crippen LogP contribution < -0.4 is 0 Å². The molecule has 5 nitrogen and oxygen atoms in total. The Bertz CT molecular complexity index is 786. The van der Waals surface area contributed by atoms with Crippen LogP contribution >= 0.6 is 0 Å². The first-order chi connectivity index (χ1) is 11.4. The fourth-order valence-corrected chi connectivity index (χ4v) is 1.70. The van der Waals surface area contributed by atoms with Crippen LogP contribution in [0.4, 0.5) is 24.5 Å². The van der Waals surface area contributed by atoms with Crippen LogP contribution in [0.5, 0.6) is 0 Å². The molecule has 0 amide bonds. The van der Waals surface area contributed by atoms with E-state index < -0.39 is 17.7 Å². The first-order valence-corrected chi connectivity index (χ1v) is 6.69. The van der Waals surface area contributed by atoms with Crippen molar-refractivity contribution in [3.05, 3.63) is 59.9 Å². The molecule has 0 aliphatic rings. The van der Waals surface area contributed by atoms with Gasteiger partial charge in [-0.15, -0.1) is 5.11 Å². The third-order valence-corrected chi connectivity index (χ3v) is 2.87. The maximum Gasteiger partial charge on any atom is 0.416 e. The average Bonchev–Trinajstić information content (AvgIpc) is 2.58.